The topological polar surface area (TPSA) is 52.6 Å². The molecule has 106 valence electrons. The van der Waals surface area contributed by atoms with Crippen molar-refractivity contribution in [1.82, 2.24) is 0 Å². The van der Waals surface area contributed by atoms with E-state index in [1.54, 1.807) is 13.8 Å². The molecule has 4 heteroatoms. The summed E-state index contributed by atoms with van der Waals surface area (Å²) in [6.45, 7) is 6.23. The summed E-state index contributed by atoms with van der Waals surface area (Å²) in [6, 6.07) is 0. The van der Waals surface area contributed by atoms with E-state index < -0.39 is 5.41 Å². The van der Waals surface area contributed by atoms with E-state index >= 15 is 0 Å². The van der Waals surface area contributed by atoms with Crippen molar-refractivity contribution in [2.75, 3.05) is 13.2 Å². The zero-order valence-electron chi connectivity index (χ0n) is 11.8. The molecule has 2 aliphatic rings. The van der Waals surface area contributed by atoms with Crippen LogP contribution in [0.3, 0.4) is 0 Å². The molecule has 2 rings (SSSR count). The number of rotatable bonds is 5. The zero-order valence-corrected chi connectivity index (χ0v) is 11.8. The van der Waals surface area contributed by atoms with Gasteiger partial charge in [-0.15, -0.1) is 0 Å². The summed E-state index contributed by atoms with van der Waals surface area (Å²) >= 11 is 0. The molecular weight excluding hydrogens is 244 g/mol. The van der Waals surface area contributed by atoms with Gasteiger partial charge in [-0.25, -0.2) is 0 Å². The highest BCUT2D eigenvalue weighted by Crippen LogP contribution is 2.58. The van der Waals surface area contributed by atoms with Crippen LogP contribution in [0.15, 0.2) is 12.2 Å². The van der Waals surface area contributed by atoms with Crippen LogP contribution in [-0.2, 0) is 19.1 Å². The SMILES string of the molecule is CCOC(=O)C1C2C=CC(C2)C1(CC)C(=O)OCC. The average Bonchev–Trinajstić information content (AvgIpc) is 2.97. The van der Waals surface area contributed by atoms with Crippen molar-refractivity contribution < 1.29 is 19.1 Å². The summed E-state index contributed by atoms with van der Waals surface area (Å²) in [5, 5.41) is 0. The number of fused-ring (bicyclic) bond motifs is 2. The molecule has 19 heavy (non-hydrogen) atoms. The lowest BCUT2D eigenvalue weighted by molar-refractivity contribution is -0.171. The van der Waals surface area contributed by atoms with Gasteiger partial charge in [0.1, 0.15) is 0 Å². The number of hydrogen-bond acceptors (Lipinski definition) is 4. The number of esters is 2. The number of allylic oxidation sites excluding steroid dienone is 2. The van der Waals surface area contributed by atoms with Gasteiger partial charge in [0, 0.05) is 0 Å². The quantitative estimate of drug-likeness (QED) is 0.566. The maximum atomic E-state index is 12.4. The number of hydrogen-bond donors (Lipinski definition) is 0. The third kappa shape index (κ3) is 1.97. The average molecular weight is 266 g/mol. The predicted octanol–water partition coefficient (Wildman–Crippen LogP) is 2.33. The van der Waals surface area contributed by atoms with Crippen LogP contribution < -0.4 is 0 Å². The van der Waals surface area contributed by atoms with Crippen molar-refractivity contribution in [2.45, 2.75) is 33.6 Å². The van der Waals surface area contributed by atoms with E-state index in [1.165, 1.54) is 0 Å². The van der Waals surface area contributed by atoms with Crippen molar-refractivity contribution in [3.63, 3.8) is 0 Å². The first-order valence-electron chi connectivity index (χ1n) is 7.13. The van der Waals surface area contributed by atoms with Gasteiger partial charge < -0.3 is 9.47 Å². The summed E-state index contributed by atoms with van der Waals surface area (Å²) in [6.07, 6.45) is 5.59. The Kier molecular flexibility index (Phi) is 3.97. The molecule has 0 radical (unpaired) electrons. The zero-order chi connectivity index (χ0) is 14.0. The molecule has 2 bridgehead atoms. The first kappa shape index (κ1) is 14.1. The standard InChI is InChI=1S/C15H22O4/c1-4-15(14(17)19-6-3)11-8-7-10(9-11)12(15)13(16)18-5-2/h7-8,10-12H,4-6,9H2,1-3H3. The Morgan fingerprint density at radius 1 is 1.16 bits per heavy atom. The Morgan fingerprint density at radius 2 is 1.84 bits per heavy atom. The molecule has 4 unspecified atom stereocenters. The van der Waals surface area contributed by atoms with E-state index in [-0.39, 0.29) is 29.7 Å². The fraction of sp³-hybridized carbons (Fsp3) is 0.733. The van der Waals surface area contributed by atoms with Crippen LogP contribution in [-0.4, -0.2) is 25.2 Å². The van der Waals surface area contributed by atoms with E-state index in [2.05, 4.69) is 12.2 Å². The highest BCUT2D eigenvalue weighted by Gasteiger charge is 2.63. The lowest BCUT2D eigenvalue weighted by Crippen LogP contribution is -2.46. The van der Waals surface area contributed by atoms with E-state index in [0.29, 0.717) is 19.6 Å². The highest BCUT2D eigenvalue weighted by molar-refractivity contribution is 5.88. The van der Waals surface area contributed by atoms with Crippen LogP contribution in [0.4, 0.5) is 0 Å². The molecule has 2 aliphatic carbocycles. The van der Waals surface area contributed by atoms with Crippen LogP contribution in [0, 0.1) is 23.2 Å². The second-order valence-electron chi connectivity index (χ2n) is 5.24. The Morgan fingerprint density at radius 3 is 2.42 bits per heavy atom. The van der Waals surface area contributed by atoms with Gasteiger partial charge in [-0.05, 0) is 38.5 Å². The maximum Gasteiger partial charge on any atom is 0.313 e. The van der Waals surface area contributed by atoms with Gasteiger partial charge in [0.05, 0.1) is 24.5 Å². The maximum absolute atomic E-state index is 12.4. The molecule has 0 aromatic rings. The first-order valence-corrected chi connectivity index (χ1v) is 7.13. The summed E-state index contributed by atoms with van der Waals surface area (Å²) in [5.41, 5.74) is -0.721. The molecule has 1 saturated carbocycles. The molecule has 0 aliphatic heterocycles. The van der Waals surface area contributed by atoms with Gasteiger partial charge in [0.2, 0.25) is 0 Å². The van der Waals surface area contributed by atoms with E-state index in [1.807, 2.05) is 6.92 Å². The van der Waals surface area contributed by atoms with Crippen LogP contribution >= 0.6 is 0 Å². The minimum atomic E-state index is -0.721. The minimum absolute atomic E-state index is 0.107. The van der Waals surface area contributed by atoms with Gasteiger partial charge in [-0.1, -0.05) is 19.1 Å². The van der Waals surface area contributed by atoms with Crippen molar-refractivity contribution in [3.8, 4) is 0 Å². The summed E-state index contributed by atoms with van der Waals surface area (Å²) < 4.78 is 10.4. The summed E-state index contributed by atoms with van der Waals surface area (Å²) in [4.78, 5) is 24.7. The van der Waals surface area contributed by atoms with Crippen LogP contribution in [0.1, 0.15) is 33.6 Å². The van der Waals surface area contributed by atoms with E-state index in [9.17, 15) is 9.59 Å². The number of carbonyl (C=O) groups excluding carboxylic acids is 2. The van der Waals surface area contributed by atoms with Crippen molar-refractivity contribution in [3.05, 3.63) is 12.2 Å². The summed E-state index contributed by atoms with van der Waals surface area (Å²) in [7, 11) is 0. The van der Waals surface area contributed by atoms with Crippen molar-refractivity contribution >= 4 is 11.9 Å². The van der Waals surface area contributed by atoms with Crippen LogP contribution in [0.5, 0.6) is 0 Å². The monoisotopic (exact) mass is 266 g/mol. The van der Waals surface area contributed by atoms with E-state index in [4.69, 9.17) is 9.47 Å². The molecule has 0 N–H and O–H groups in total. The largest absolute Gasteiger partial charge is 0.466 e. The second-order valence-corrected chi connectivity index (χ2v) is 5.24. The molecule has 0 amide bonds. The molecule has 0 spiro atoms. The number of ether oxygens (including phenoxy) is 2. The lowest BCUT2D eigenvalue weighted by Gasteiger charge is -2.37. The highest BCUT2D eigenvalue weighted by atomic mass is 16.5. The Labute approximate surface area is 114 Å². The molecule has 0 saturated heterocycles. The third-order valence-electron chi connectivity index (χ3n) is 4.54. The molecule has 4 nitrogen and oxygen atoms in total. The van der Waals surface area contributed by atoms with E-state index in [0.717, 1.165) is 6.42 Å². The molecule has 0 heterocycles. The molecular formula is C15H22O4. The van der Waals surface area contributed by atoms with Gasteiger partial charge in [0.25, 0.3) is 0 Å². The van der Waals surface area contributed by atoms with Crippen LogP contribution in [0.2, 0.25) is 0 Å². The Bertz CT molecular complexity index is 401. The lowest BCUT2D eigenvalue weighted by atomic mass is 9.66. The third-order valence-corrected chi connectivity index (χ3v) is 4.54. The second kappa shape index (κ2) is 5.35. The van der Waals surface area contributed by atoms with Gasteiger partial charge in [-0.2, -0.15) is 0 Å². The normalized spacial score (nSPS) is 35.4. The number of carbonyl (C=O) groups is 2. The minimum Gasteiger partial charge on any atom is -0.466 e. The fourth-order valence-electron chi connectivity index (χ4n) is 3.76. The van der Waals surface area contributed by atoms with Crippen molar-refractivity contribution in [1.29, 1.82) is 0 Å². The Hall–Kier alpha value is -1.32. The van der Waals surface area contributed by atoms with Crippen LogP contribution in [0.25, 0.3) is 0 Å². The fourth-order valence-corrected chi connectivity index (χ4v) is 3.76. The van der Waals surface area contributed by atoms with Gasteiger partial charge in [-0.3, -0.25) is 9.59 Å². The smallest absolute Gasteiger partial charge is 0.313 e. The first-order chi connectivity index (χ1) is 9.11. The van der Waals surface area contributed by atoms with Gasteiger partial charge >= 0.3 is 11.9 Å². The summed E-state index contributed by atoms with van der Waals surface area (Å²) in [5.74, 6) is -0.655. The predicted molar refractivity (Wildman–Crippen MR) is 70.2 cm³/mol. The molecule has 4 atom stereocenters. The molecule has 0 aromatic carbocycles. The Balaban J connectivity index is 2.35. The van der Waals surface area contributed by atoms with Crippen molar-refractivity contribution in [2.24, 2.45) is 23.2 Å². The van der Waals surface area contributed by atoms with Gasteiger partial charge in [0.15, 0.2) is 0 Å². The molecule has 1 fully saturated rings. The molecule has 0 aromatic heterocycles.